The van der Waals surface area contributed by atoms with E-state index in [1.54, 1.807) is 0 Å². The molecule has 116 valence electrons. The highest BCUT2D eigenvalue weighted by Gasteiger charge is 2.27. The van der Waals surface area contributed by atoms with Gasteiger partial charge >= 0.3 is 0 Å². The van der Waals surface area contributed by atoms with Gasteiger partial charge in [0.1, 0.15) is 0 Å². The van der Waals surface area contributed by atoms with Gasteiger partial charge in [-0.3, -0.25) is 4.79 Å². The summed E-state index contributed by atoms with van der Waals surface area (Å²) in [5.74, 6) is 0.376. The van der Waals surface area contributed by atoms with E-state index in [-0.39, 0.29) is 23.5 Å². The molecule has 6 heteroatoms. The Bertz CT molecular complexity index is 581. The number of carbonyl (C=O) groups is 1. The zero-order valence-corrected chi connectivity index (χ0v) is 13.1. The quantitative estimate of drug-likeness (QED) is 0.832. The van der Waals surface area contributed by atoms with Crippen molar-refractivity contribution in [2.75, 3.05) is 23.4 Å². The zero-order chi connectivity index (χ0) is 15.3. The molecule has 1 aromatic rings. The normalized spacial score (nSPS) is 20.3. The van der Waals surface area contributed by atoms with Crippen LogP contribution in [0.4, 0.5) is 5.69 Å². The molecule has 0 radical (unpaired) electrons. The van der Waals surface area contributed by atoms with Gasteiger partial charge in [0.25, 0.3) is 0 Å². The van der Waals surface area contributed by atoms with Gasteiger partial charge in [-0.2, -0.15) is 0 Å². The molecule has 1 fully saturated rings. The van der Waals surface area contributed by atoms with E-state index in [9.17, 15) is 13.2 Å². The van der Waals surface area contributed by atoms with Crippen LogP contribution in [0.5, 0.6) is 0 Å². The van der Waals surface area contributed by atoms with E-state index >= 15 is 0 Å². The second-order valence-electron chi connectivity index (χ2n) is 5.40. The van der Waals surface area contributed by atoms with Crippen LogP contribution in [0.25, 0.3) is 0 Å². The Hall–Kier alpha value is -1.40. The summed E-state index contributed by atoms with van der Waals surface area (Å²) in [4.78, 5) is 11.8. The third-order valence-corrected chi connectivity index (χ3v) is 5.43. The molecule has 1 unspecified atom stereocenters. The molecule has 1 amide bonds. The summed E-state index contributed by atoms with van der Waals surface area (Å²) in [6, 6.07) is 7.78. The molecule has 0 aromatic heterocycles. The lowest BCUT2D eigenvalue weighted by Gasteiger charge is -2.10. The van der Waals surface area contributed by atoms with Crippen molar-refractivity contribution >= 4 is 21.4 Å². The molecule has 0 spiro atoms. The minimum Gasteiger partial charge on any atom is -0.326 e. The smallest absolute Gasteiger partial charge is 0.225 e. The number of hydrogen-bond acceptors (Lipinski definition) is 4. The number of benzene rings is 1. The minimum atomic E-state index is -2.86. The molecule has 1 aliphatic heterocycles. The fourth-order valence-corrected chi connectivity index (χ4v) is 4.10. The van der Waals surface area contributed by atoms with Crippen molar-refractivity contribution in [3.63, 3.8) is 0 Å². The SMILES string of the molecule is CCc1ccc(NC(=O)CCNC2CCS(=O)(=O)C2)cc1. The topological polar surface area (TPSA) is 75.3 Å². The average molecular weight is 310 g/mol. The molecule has 1 aliphatic rings. The van der Waals surface area contributed by atoms with Crippen molar-refractivity contribution in [1.82, 2.24) is 5.32 Å². The number of aryl methyl sites for hydroxylation is 1. The lowest BCUT2D eigenvalue weighted by atomic mass is 10.1. The first-order chi connectivity index (χ1) is 9.98. The van der Waals surface area contributed by atoms with Crippen LogP contribution in [0.1, 0.15) is 25.3 Å². The maximum Gasteiger partial charge on any atom is 0.225 e. The fraction of sp³-hybridized carbons (Fsp3) is 0.533. The lowest BCUT2D eigenvalue weighted by Crippen LogP contribution is -2.32. The fourth-order valence-electron chi connectivity index (χ4n) is 2.39. The largest absolute Gasteiger partial charge is 0.326 e. The van der Waals surface area contributed by atoms with E-state index in [4.69, 9.17) is 0 Å². The molecule has 21 heavy (non-hydrogen) atoms. The minimum absolute atomic E-state index is 0.00774. The Labute approximate surface area is 126 Å². The van der Waals surface area contributed by atoms with Gasteiger partial charge in [-0.15, -0.1) is 0 Å². The predicted octanol–water partition coefficient (Wildman–Crippen LogP) is 1.35. The Kier molecular flexibility index (Phi) is 5.36. The van der Waals surface area contributed by atoms with Crippen molar-refractivity contribution in [1.29, 1.82) is 0 Å². The van der Waals surface area contributed by atoms with Gasteiger partial charge in [0.05, 0.1) is 11.5 Å². The van der Waals surface area contributed by atoms with Crippen molar-refractivity contribution in [3.8, 4) is 0 Å². The zero-order valence-electron chi connectivity index (χ0n) is 12.3. The summed E-state index contributed by atoms with van der Waals surface area (Å²) < 4.78 is 22.6. The average Bonchev–Trinajstić information content (AvgIpc) is 2.79. The van der Waals surface area contributed by atoms with Gasteiger partial charge in [0, 0.05) is 24.7 Å². The number of amides is 1. The molecule has 2 rings (SSSR count). The molecule has 1 heterocycles. The van der Waals surface area contributed by atoms with Gasteiger partial charge in [0.2, 0.25) is 5.91 Å². The van der Waals surface area contributed by atoms with E-state index in [1.807, 2.05) is 24.3 Å². The maximum atomic E-state index is 11.8. The van der Waals surface area contributed by atoms with Gasteiger partial charge < -0.3 is 10.6 Å². The van der Waals surface area contributed by atoms with Gasteiger partial charge in [-0.1, -0.05) is 19.1 Å². The Morgan fingerprint density at radius 3 is 2.57 bits per heavy atom. The first-order valence-corrected chi connectivity index (χ1v) is 9.13. The molecule has 5 nitrogen and oxygen atoms in total. The summed E-state index contributed by atoms with van der Waals surface area (Å²) in [5.41, 5.74) is 2.03. The van der Waals surface area contributed by atoms with Crippen LogP contribution in [-0.4, -0.2) is 38.4 Å². The predicted molar refractivity (Wildman–Crippen MR) is 84.1 cm³/mol. The number of sulfone groups is 1. The van der Waals surface area contributed by atoms with E-state index in [0.717, 1.165) is 12.1 Å². The number of hydrogen-bond donors (Lipinski definition) is 2. The second kappa shape index (κ2) is 7.04. The van der Waals surface area contributed by atoms with Crippen LogP contribution in [0.15, 0.2) is 24.3 Å². The van der Waals surface area contributed by atoms with E-state index in [0.29, 0.717) is 19.4 Å². The molecular weight excluding hydrogens is 288 g/mol. The lowest BCUT2D eigenvalue weighted by molar-refractivity contribution is -0.116. The molecular formula is C15H22N2O3S. The first kappa shape index (κ1) is 16.0. The monoisotopic (exact) mass is 310 g/mol. The second-order valence-corrected chi connectivity index (χ2v) is 7.63. The van der Waals surface area contributed by atoms with Crippen LogP contribution in [-0.2, 0) is 21.1 Å². The number of carbonyl (C=O) groups excluding carboxylic acids is 1. The van der Waals surface area contributed by atoms with Crippen molar-refractivity contribution in [2.24, 2.45) is 0 Å². The molecule has 2 N–H and O–H groups in total. The van der Waals surface area contributed by atoms with Crippen molar-refractivity contribution < 1.29 is 13.2 Å². The Morgan fingerprint density at radius 1 is 1.29 bits per heavy atom. The van der Waals surface area contributed by atoms with Crippen LogP contribution in [0.2, 0.25) is 0 Å². The van der Waals surface area contributed by atoms with Crippen LogP contribution >= 0.6 is 0 Å². The summed E-state index contributed by atoms with van der Waals surface area (Å²) in [7, 11) is -2.86. The highest BCUT2D eigenvalue weighted by atomic mass is 32.2. The summed E-state index contributed by atoms with van der Waals surface area (Å²) in [6.07, 6.45) is 1.96. The molecule has 0 saturated carbocycles. The summed E-state index contributed by atoms with van der Waals surface area (Å²) in [5, 5.41) is 5.97. The number of nitrogens with one attached hydrogen (secondary N) is 2. The van der Waals surface area contributed by atoms with Crippen LogP contribution < -0.4 is 10.6 Å². The highest BCUT2D eigenvalue weighted by molar-refractivity contribution is 7.91. The van der Waals surface area contributed by atoms with Crippen LogP contribution in [0.3, 0.4) is 0 Å². The first-order valence-electron chi connectivity index (χ1n) is 7.31. The third kappa shape index (κ3) is 5.13. The molecule has 1 aromatic carbocycles. The molecule has 0 bridgehead atoms. The van der Waals surface area contributed by atoms with Gasteiger partial charge in [-0.25, -0.2) is 8.42 Å². The van der Waals surface area contributed by atoms with Crippen molar-refractivity contribution in [2.45, 2.75) is 32.2 Å². The molecule has 1 atom stereocenters. The van der Waals surface area contributed by atoms with E-state index in [1.165, 1.54) is 5.56 Å². The number of anilines is 1. The summed E-state index contributed by atoms with van der Waals surface area (Å²) >= 11 is 0. The Balaban J connectivity index is 1.70. The summed E-state index contributed by atoms with van der Waals surface area (Å²) in [6.45, 7) is 2.58. The third-order valence-electron chi connectivity index (χ3n) is 3.66. The van der Waals surface area contributed by atoms with Crippen LogP contribution in [0, 0.1) is 0 Å². The van der Waals surface area contributed by atoms with Gasteiger partial charge in [-0.05, 0) is 30.5 Å². The van der Waals surface area contributed by atoms with E-state index in [2.05, 4.69) is 17.6 Å². The van der Waals surface area contributed by atoms with Gasteiger partial charge in [0.15, 0.2) is 9.84 Å². The highest BCUT2D eigenvalue weighted by Crippen LogP contribution is 2.12. The molecule has 0 aliphatic carbocycles. The maximum absolute atomic E-state index is 11.8. The van der Waals surface area contributed by atoms with E-state index < -0.39 is 9.84 Å². The standard InChI is InChI=1S/C15H22N2O3S/c1-2-12-3-5-13(6-4-12)17-15(18)7-9-16-14-8-10-21(19,20)11-14/h3-6,14,16H,2,7-11H2,1H3,(H,17,18). The van der Waals surface area contributed by atoms with Crippen molar-refractivity contribution in [3.05, 3.63) is 29.8 Å². The Morgan fingerprint density at radius 2 is 2.00 bits per heavy atom. The number of rotatable bonds is 6. The molecule has 1 saturated heterocycles.